The molecule has 36 heavy (non-hydrogen) atoms. The number of carbonyl (C=O) groups excluding carboxylic acids is 4. The fourth-order valence-corrected chi connectivity index (χ4v) is 3.46. The number of ketones is 1. The van der Waals surface area contributed by atoms with Crippen LogP contribution in [0, 0.1) is 17.6 Å². The number of halogens is 2. The number of hydrogen-bond acceptors (Lipinski definition) is 5. The summed E-state index contributed by atoms with van der Waals surface area (Å²) in [5.74, 6) is -4.36. The maximum atomic E-state index is 14.1. The Balaban J connectivity index is 2.21. The van der Waals surface area contributed by atoms with Gasteiger partial charge in [0.25, 0.3) is 17.6 Å². The summed E-state index contributed by atoms with van der Waals surface area (Å²) in [6.45, 7) is 9.37. The number of rotatable bonds is 12. The van der Waals surface area contributed by atoms with Crippen molar-refractivity contribution in [1.29, 1.82) is 0 Å². The molecule has 1 aromatic carbocycles. The summed E-state index contributed by atoms with van der Waals surface area (Å²) in [6, 6.07) is 0.595. The zero-order valence-electron chi connectivity index (χ0n) is 21.2. The zero-order valence-corrected chi connectivity index (χ0v) is 21.2. The highest BCUT2D eigenvalue weighted by atomic mass is 19.1. The first-order valence-electron chi connectivity index (χ1n) is 11.9. The molecule has 0 aliphatic carbocycles. The molecule has 2 rings (SSSR count). The summed E-state index contributed by atoms with van der Waals surface area (Å²) < 4.78 is 27.3. The van der Waals surface area contributed by atoms with Crippen LogP contribution in [0.2, 0.25) is 0 Å². The monoisotopic (exact) mass is 505 g/mol. The van der Waals surface area contributed by atoms with Gasteiger partial charge in [0, 0.05) is 31.1 Å². The summed E-state index contributed by atoms with van der Waals surface area (Å²) in [7, 11) is 0. The summed E-state index contributed by atoms with van der Waals surface area (Å²) >= 11 is 0. The lowest BCUT2D eigenvalue weighted by Crippen LogP contribution is -2.56. The van der Waals surface area contributed by atoms with Crippen LogP contribution in [0.3, 0.4) is 0 Å². The molecule has 2 aromatic rings. The minimum Gasteiger partial charge on any atom is -0.344 e. The molecule has 0 aliphatic heterocycles. The number of aromatic nitrogens is 2. The molecule has 1 heterocycles. The van der Waals surface area contributed by atoms with Crippen LogP contribution in [-0.4, -0.2) is 57.5 Å². The molecule has 9 nitrogen and oxygen atoms in total. The van der Waals surface area contributed by atoms with Crippen molar-refractivity contribution in [2.45, 2.75) is 59.5 Å². The van der Waals surface area contributed by atoms with Gasteiger partial charge in [0.05, 0.1) is 17.9 Å². The van der Waals surface area contributed by atoms with E-state index in [4.69, 9.17) is 0 Å². The van der Waals surface area contributed by atoms with Crippen LogP contribution < -0.4 is 10.6 Å². The fraction of sp³-hybridized carbons (Fsp3) is 0.480. The third-order valence-corrected chi connectivity index (χ3v) is 5.63. The van der Waals surface area contributed by atoms with Crippen LogP contribution in [0.1, 0.15) is 59.3 Å². The maximum Gasteiger partial charge on any atom is 0.292 e. The standard InChI is InChI=1S/C25H33F2N5O4/c1-6-32(7-2)25(36)22(34)21(31-20(33)11-8-14(3)4)24(35)29-15(5)23-28-13-19(30-23)17-10-9-16(26)12-18(17)27/h9-10,12-15,21H,6-8,11H2,1-5H3,(H,28,30)(H,29,35)(H,31,33)/t15-,21-/m0/s1. The maximum absolute atomic E-state index is 14.1. The number of nitrogens with zero attached hydrogens (tertiary/aromatic N) is 2. The van der Waals surface area contributed by atoms with Gasteiger partial charge >= 0.3 is 0 Å². The zero-order chi connectivity index (χ0) is 27.0. The largest absolute Gasteiger partial charge is 0.344 e. The van der Waals surface area contributed by atoms with E-state index in [2.05, 4.69) is 20.6 Å². The van der Waals surface area contributed by atoms with Gasteiger partial charge in [-0.25, -0.2) is 13.8 Å². The van der Waals surface area contributed by atoms with E-state index >= 15 is 0 Å². The van der Waals surface area contributed by atoms with Crippen molar-refractivity contribution >= 4 is 23.5 Å². The highest BCUT2D eigenvalue weighted by Crippen LogP contribution is 2.23. The van der Waals surface area contributed by atoms with Crippen molar-refractivity contribution in [3.8, 4) is 11.3 Å². The number of Topliss-reactive ketones (excluding diaryl/α,β-unsaturated/α-hetero) is 1. The highest BCUT2D eigenvalue weighted by molar-refractivity contribution is 6.42. The van der Waals surface area contributed by atoms with E-state index in [9.17, 15) is 28.0 Å². The van der Waals surface area contributed by atoms with Crippen molar-refractivity contribution in [2.75, 3.05) is 13.1 Å². The number of likely N-dealkylation sites (N-methyl/N-ethyl adjacent to an activating group) is 1. The molecule has 0 bridgehead atoms. The fourth-order valence-electron chi connectivity index (χ4n) is 3.46. The highest BCUT2D eigenvalue weighted by Gasteiger charge is 2.35. The summed E-state index contributed by atoms with van der Waals surface area (Å²) in [6.07, 6.45) is 1.97. The van der Waals surface area contributed by atoms with Crippen molar-refractivity contribution in [2.24, 2.45) is 5.92 Å². The molecule has 0 saturated carbocycles. The Bertz CT molecular complexity index is 1100. The Morgan fingerprint density at radius 2 is 1.72 bits per heavy atom. The number of imidazole rings is 1. The molecule has 0 fully saturated rings. The smallest absolute Gasteiger partial charge is 0.292 e. The number of amides is 3. The topological polar surface area (TPSA) is 124 Å². The third kappa shape index (κ3) is 7.43. The molecule has 3 amide bonds. The van der Waals surface area contributed by atoms with E-state index in [-0.39, 0.29) is 42.5 Å². The molecule has 0 spiro atoms. The number of H-pyrrole nitrogens is 1. The van der Waals surface area contributed by atoms with Gasteiger partial charge in [0.1, 0.15) is 17.5 Å². The average molecular weight is 506 g/mol. The van der Waals surface area contributed by atoms with E-state index in [0.717, 1.165) is 12.1 Å². The van der Waals surface area contributed by atoms with E-state index in [1.54, 1.807) is 20.8 Å². The quantitative estimate of drug-likeness (QED) is 0.302. The Morgan fingerprint density at radius 1 is 1.06 bits per heavy atom. The van der Waals surface area contributed by atoms with Gasteiger partial charge in [-0.2, -0.15) is 0 Å². The number of benzene rings is 1. The molecular weight excluding hydrogens is 472 g/mol. The second-order valence-electron chi connectivity index (χ2n) is 8.81. The molecular formula is C25H33F2N5O4. The first-order chi connectivity index (χ1) is 17.0. The van der Waals surface area contributed by atoms with Crippen LogP contribution in [0.15, 0.2) is 24.4 Å². The molecule has 0 radical (unpaired) electrons. The van der Waals surface area contributed by atoms with Crippen LogP contribution in [0.25, 0.3) is 11.3 Å². The Kier molecular flexibility index (Phi) is 10.2. The summed E-state index contributed by atoms with van der Waals surface area (Å²) in [5.41, 5.74) is 0.346. The van der Waals surface area contributed by atoms with Crippen LogP contribution in [-0.2, 0) is 19.2 Å². The number of carbonyl (C=O) groups is 4. The molecule has 3 N–H and O–H groups in total. The summed E-state index contributed by atoms with van der Waals surface area (Å²) in [4.78, 5) is 59.3. The van der Waals surface area contributed by atoms with Crippen molar-refractivity contribution in [3.05, 3.63) is 41.9 Å². The van der Waals surface area contributed by atoms with E-state index in [1.165, 1.54) is 17.2 Å². The molecule has 0 unspecified atom stereocenters. The molecule has 0 saturated heterocycles. The number of nitrogens with one attached hydrogen (secondary N) is 3. The van der Waals surface area contributed by atoms with E-state index in [1.807, 2.05) is 13.8 Å². The number of hydrogen-bond donors (Lipinski definition) is 3. The Hall–Kier alpha value is -3.63. The normalized spacial score (nSPS) is 12.7. The molecule has 196 valence electrons. The first kappa shape index (κ1) is 28.6. The van der Waals surface area contributed by atoms with Crippen LogP contribution in [0.5, 0.6) is 0 Å². The van der Waals surface area contributed by atoms with Gasteiger partial charge in [0.15, 0.2) is 6.04 Å². The van der Waals surface area contributed by atoms with E-state index in [0.29, 0.717) is 6.42 Å². The summed E-state index contributed by atoms with van der Waals surface area (Å²) in [5, 5.41) is 4.97. The van der Waals surface area contributed by atoms with Crippen molar-refractivity contribution in [3.63, 3.8) is 0 Å². The minimum absolute atomic E-state index is 0.0870. The lowest BCUT2D eigenvalue weighted by atomic mass is 10.1. The van der Waals surface area contributed by atoms with Crippen LogP contribution in [0.4, 0.5) is 8.78 Å². The van der Waals surface area contributed by atoms with Gasteiger partial charge in [-0.1, -0.05) is 13.8 Å². The first-order valence-corrected chi connectivity index (χ1v) is 11.9. The van der Waals surface area contributed by atoms with Gasteiger partial charge in [-0.05, 0) is 45.2 Å². The molecule has 0 aliphatic rings. The predicted molar refractivity (Wildman–Crippen MR) is 129 cm³/mol. The Labute approximate surface area is 209 Å². The third-order valence-electron chi connectivity index (χ3n) is 5.63. The number of aromatic amines is 1. The van der Waals surface area contributed by atoms with Gasteiger partial charge < -0.3 is 20.5 Å². The van der Waals surface area contributed by atoms with Crippen LogP contribution >= 0.6 is 0 Å². The van der Waals surface area contributed by atoms with E-state index < -0.39 is 47.2 Å². The SMILES string of the molecule is CCN(CC)C(=O)C(=O)[C@H](NC(=O)CCC(C)C)C(=O)N[C@@H](C)c1ncc(-c2ccc(F)cc2F)[nH]1. The predicted octanol–water partition coefficient (Wildman–Crippen LogP) is 2.89. The molecule has 11 heteroatoms. The minimum atomic E-state index is -1.72. The Morgan fingerprint density at radius 3 is 2.31 bits per heavy atom. The second-order valence-corrected chi connectivity index (χ2v) is 8.81. The van der Waals surface area contributed by atoms with Crippen molar-refractivity contribution in [1.82, 2.24) is 25.5 Å². The van der Waals surface area contributed by atoms with Gasteiger partial charge in [-0.3, -0.25) is 19.2 Å². The lowest BCUT2D eigenvalue weighted by molar-refractivity contribution is -0.148. The average Bonchev–Trinajstić information content (AvgIpc) is 3.31. The molecule has 2 atom stereocenters. The molecule has 1 aromatic heterocycles. The van der Waals surface area contributed by atoms with Crippen molar-refractivity contribution < 1.29 is 28.0 Å². The van der Waals surface area contributed by atoms with Gasteiger partial charge in [0.2, 0.25) is 5.91 Å². The van der Waals surface area contributed by atoms with Gasteiger partial charge in [-0.15, -0.1) is 0 Å². The second kappa shape index (κ2) is 12.9. The lowest BCUT2D eigenvalue weighted by Gasteiger charge is -2.23.